The van der Waals surface area contributed by atoms with Crippen molar-refractivity contribution in [2.45, 2.75) is 58.9 Å². The number of phenolic OH excluding ortho intramolecular Hbond substituents is 1. The minimum absolute atomic E-state index is 0.0837. The Bertz CT molecular complexity index is 638. The van der Waals surface area contributed by atoms with E-state index in [2.05, 4.69) is 70.3 Å². The van der Waals surface area contributed by atoms with Crippen LogP contribution in [0.15, 0.2) is 42.5 Å². The van der Waals surface area contributed by atoms with E-state index in [1.54, 1.807) is 6.07 Å². The lowest BCUT2D eigenvalue weighted by molar-refractivity contribution is 0.467. The molecule has 0 heterocycles. The predicted molar refractivity (Wildman–Crippen MR) is 99.3 cm³/mol. The van der Waals surface area contributed by atoms with Crippen molar-refractivity contribution in [3.63, 3.8) is 0 Å². The van der Waals surface area contributed by atoms with Gasteiger partial charge in [-0.3, -0.25) is 0 Å². The minimum atomic E-state index is 0.0837. The van der Waals surface area contributed by atoms with Crippen molar-refractivity contribution in [1.29, 1.82) is 0 Å². The highest BCUT2D eigenvalue weighted by atomic mass is 16.3. The van der Waals surface area contributed by atoms with Gasteiger partial charge in [0.2, 0.25) is 0 Å². The number of aromatic hydroxyl groups is 1. The van der Waals surface area contributed by atoms with E-state index in [-0.39, 0.29) is 5.41 Å². The molecule has 0 saturated heterocycles. The third kappa shape index (κ3) is 4.51. The Kier molecular flexibility index (Phi) is 5.35. The van der Waals surface area contributed by atoms with E-state index in [0.717, 1.165) is 17.7 Å². The van der Waals surface area contributed by atoms with E-state index in [4.69, 9.17) is 0 Å². The second kappa shape index (κ2) is 7.08. The highest BCUT2D eigenvalue weighted by Crippen LogP contribution is 2.28. The first kappa shape index (κ1) is 17.4. The number of hydrogen-bond acceptors (Lipinski definition) is 2. The van der Waals surface area contributed by atoms with Gasteiger partial charge in [-0.15, -0.1) is 0 Å². The predicted octanol–water partition coefficient (Wildman–Crippen LogP) is 5.82. The SMILES string of the molecule is CCC(C)c1ccc(NCc2cc(C(C)(C)C)ccc2O)cc1. The molecule has 0 aliphatic rings. The zero-order chi connectivity index (χ0) is 17.0. The number of hydrogen-bond donors (Lipinski definition) is 2. The summed E-state index contributed by atoms with van der Waals surface area (Å²) in [5.74, 6) is 0.943. The van der Waals surface area contributed by atoms with Gasteiger partial charge < -0.3 is 10.4 Å². The summed E-state index contributed by atoms with van der Waals surface area (Å²) in [6.45, 7) is 11.6. The molecule has 1 atom stereocenters. The van der Waals surface area contributed by atoms with Crippen LogP contribution in [0.25, 0.3) is 0 Å². The molecule has 0 fully saturated rings. The molecule has 2 aromatic carbocycles. The van der Waals surface area contributed by atoms with Gasteiger partial charge in [-0.25, -0.2) is 0 Å². The summed E-state index contributed by atoms with van der Waals surface area (Å²) in [6.07, 6.45) is 1.15. The van der Waals surface area contributed by atoms with E-state index in [1.807, 2.05) is 6.07 Å². The van der Waals surface area contributed by atoms with Crippen LogP contribution in [0.4, 0.5) is 5.69 Å². The molecule has 0 spiro atoms. The van der Waals surface area contributed by atoms with Crippen molar-refractivity contribution in [3.8, 4) is 5.75 Å². The molecular formula is C21H29NO. The largest absolute Gasteiger partial charge is 0.508 e. The van der Waals surface area contributed by atoms with Crippen LogP contribution in [-0.4, -0.2) is 5.11 Å². The van der Waals surface area contributed by atoms with E-state index < -0.39 is 0 Å². The maximum Gasteiger partial charge on any atom is 0.120 e. The van der Waals surface area contributed by atoms with Gasteiger partial charge in [0.25, 0.3) is 0 Å². The van der Waals surface area contributed by atoms with Crippen LogP contribution in [0.2, 0.25) is 0 Å². The highest BCUT2D eigenvalue weighted by molar-refractivity contribution is 5.47. The summed E-state index contributed by atoms with van der Waals surface area (Å²) >= 11 is 0. The summed E-state index contributed by atoms with van der Waals surface area (Å²) < 4.78 is 0. The molecule has 0 saturated carbocycles. The average molecular weight is 311 g/mol. The number of anilines is 1. The van der Waals surface area contributed by atoms with Crippen molar-refractivity contribution in [3.05, 3.63) is 59.2 Å². The van der Waals surface area contributed by atoms with Crippen LogP contribution in [-0.2, 0) is 12.0 Å². The van der Waals surface area contributed by atoms with E-state index in [0.29, 0.717) is 18.2 Å². The summed E-state index contributed by atoms with van der Waals surface area (Å²) in [4.78, 5) is 0. The first-order valence-corrected chi connectivity index (χ1v) is 8.47. The molecule has 2 rings (SSSR count). The topological polar surface area (TPSA) is 32.3 Å². The van der Waals surface area contributed by atoms with Crippen LogP contribution in [0.1, 0.15) is 63.6 Å². The normalized spacial score (nSPS) is 12.9. The maximum atomic E-state index is 10.1. The fourth-order valence-corrected chi connectivity index (χ4v) is 2.56. The number of rotatable bonds is 5. The Morgan fingerprint density at radius 3 is 2.26 bits per heavy atom. The Morgan fingerprint density at radius 1 is 1.04 bits per heavy atom. The van der Waals surface area contributed by atoms with Gasteiger partial charge in [0.1, 0.15) is 5.75 Å². The summed E-state index contributed by atoms with van der Waals surface area (Å²) in [7, 11) is 0. The Balaban J connectivity index is 2.09. The lowest BCUT2D eigenvalue weighted by Gasteiger charge is -2.20. The molecule has 0 bridgehead atoms. The van der Waals surface area contributed by atoms with E-state index in [1.165, 1.54) is 11.1 Å². The second-order valence-corrected chi connectivity index (χ2v) is 7.38. The monoisotopic (exact) mass is 311 g/mol. The van der Waals surface area contributed by atoms with Crippen LogP contribution in [0.5, 0.6) is 5.75 Å². The van der Waals surface area contributed by atoms with Crippen LogP contribution >= 0.6 is 0 Å². The smallest absolute Gasteiger partial charge is 0.120 e. The van der Waals surface area contributed by atoms with Gasteiger partial charge in [0.05, 0.1) is 0 Å². The van der Waals surface area contributed by atoms with Gasteiger partial charge in [-0.05, 0) is 53.1 Å². The maximum absolute atomic E-state index is 10.1. The molecule has 2 N–H and O–H groups in total. The summed E-state index contributed by atoms with van der Waals surface area (Å²) in [6, 6.07) is 14.5. The molecular weight excluding hydrogens is 282 g/mol. The van der Waals surface area contributed by atoms with Crippen molar-refractivity contribution < 1.29 is 5.11 Å². The van der Waals surface area contributed by atoms with Crippen molar-refractivity contribution in [1.82, 2.24) is 0 Å². The standard InChI is InChI=1S/C21H29NO/c1-6-15(2)16-7-10-19(11-8-16)22-14-17-13-18(21(3,4)5)9-12-20(17)23/h7-13,15,22-23H,6,14H2,1-5H3. The van der Waals surface area contributed by atoms with Gasteiger partial charge >= 0.3 is 0 Å². The van der Waals surface area contributed by atoms with E-state index >= 15 is 0 Å². The molecule has 2 aromatic rings. The molecule has 0 radical (unpaired) electrons. The molecule has 23 heavy (non-hydrogen) atoms. The molecule has 0 aliphatic carbocycles. The summed E-state index contributed by atoms with van der Waals surface area (Å²) in [5, 5.41) is 13.5. The molecule has 0 amide bonds. The zero-order valence-electron chi connectivity index (χ0n) is 15.0. The van der Waals surface area contributed by atoms with Gasteiger partial charge in [0, 0.05) is 17.8 Å². The van der Waals surface area contributed by atoms with Gasteiger partial charge in [0.15, 0.2) is 0 Å². The third-order valence-corrected chi connectivity index (χ3v) is 4.52. The lowest BCUT2D eigenvalue weighted by atomic mass is 9.86. The fourth-order valence-electron chi connectivity index (χ4n) is 2.56. The Morgan fingerprint density at radius 2 is 1.70 bits per heavy atom. The fraction of sp³-hybridized carbons (Fsp3) is 0.429. The molecule has 0 aromatic heterocycles. The van der Waals surface area contributed by atoms with Gasteiger partial charge in [-0.1, -0.05) is 52.8 Å². The highest BCUT2D eigenvalue weighted by Gasteiger charge is 2.15. The van der Waals surface area contributed by atoms with Crippen LogP contribution < -0.4 is 5.32 Å². The minimum Gasteiger partial charge on any atom is -0.508 e. The van der Waals surface area contributed by atoms with Gasteiger partial charge in [-0.2, -0.15) is 0 Å². The Labute approximate surface area is 140 Å². The lowest BCUT2D eigenvalue weighted by Crippen LogP contribution is -2.12. The van der Waals surface area contributed by atoms with Crippen LogP contribution in [0.3, 0.4) is 0 Å². The molecule has 1 unspecified atom stereocenters. The molecule has 124 valence electrons. The van der Waals surface area contributed by atoms with Crippen molar-refractivity contribution in [2.75, 3.05) is 5.32 Å². The summed E-state index contributed by atoms with van der Waals surface area (Å²) in [5.41, 5.74) is 4.70. The molecule has 0 aliphatic heterocycles. The average Bonchev–Trinajstić information content (AvgIpc) is 2.52. The number of benzene rings is 2. The number of phenols is 1. The van der Waals surface area contributed by atoms with Crippen molar-refractivity contribution >= 4 is 5.69 Å². The molecule has 2 heteroatoms. The Hall–Kier alpha value is -1.96. The quantitative estimate of drug-likeness (QED) is 0.729. The zero-order valence-corrected chi connectivity index (χ0v) is 15.0. The molecule has 2 nitrogen and oxygen atoms in total. The van der Waals surface area contributed by atoms with Crippen molar-refractivity contribution in [2.24, 2.45) is 0 Å². The second-order valence-electron chi connectivity index (χ2n) is 7.38. The number of nitrogens with one attached hydrogen (secondary N) is 1. The first-order chi connectivity index (χ1) is 10.8. The van der Waals surface area contributed by atoms with E-state index in [9.17, 15) is 5.11 Å². The third-order valence-electron chi connectivity index (χ3n) is 4.52. The van der Waals surface area contributed by atoms with Crippen LogP contribution in [0, 0.1) is 0 Å². The first-order valence-electron chi connectivity index (χ1n) is 8.47.